The van der Waals surface area contributed by atoms with E-state index in [0.717, 1.165) is 24.1 Å². The number of fused-ring (bicyclic) bond motifs is 1. The number of nitrogens with two attached hydrogens (primary N) is 1. The quantitative estimate of drug-likeness (QED) is 0.464. The number of aryl methyl sites for hydroxylation is 2. The normalized spacial score (nSPS) is 14.1. The van der Waals surface area contributed by atoms with E-state index in [0.29, 0.717) is 12.5 Å². The van der Waals surface area contributed by atoms with E-state index in [1.807, 2.05) is 13.2 Å². The lowest BCUT2D eigenvalue weighted by Crippen LogP contribution is -2.24. The van der Waals surface area contributed by atoms with Crippen molar-refractivity contribution in [3.8, 4) is 0 Å². The molecule has 1 aliphatic rings. The fourth-order valence-corrected chi connectivity index (χ4v) is 2.81. The highest BCUT2D eigenvalue weighted by atomic mass is 127. The number of nitrogens with zero attached hydrogens (tertiary/aromatic N) is 3. The third kappa shape index (κ3) is 4.00. The molecule has 6 heteroatoms. The standard InChI is InChI=1S/C16H21N5.HI/c1-21-11-12(10-19-21)9-18-16(17)20-15-8-4-6-13-5-2-3-7-14(13)15;/h4,6,8,10-11H,2-3,5,7,9H2,1H3,(H3,17,18,20);1H. The molecule has 3 N–H and O–H groups in total. The molecule has 2 aromatic rings. The molecule has 0 atom stereocenters. The average Bonchev–Trinajstić information content (AvgIpc) is 2.91. The van der Waals surface area contributed by atoms with Crippen molar-refractivity contribution in [1.82, 2.24) is 9.78 Å². The first kappa shape index (κ1) is 16.8. The average molecular weight is 411 g/mol. The van der Waals surface area contributed by atoms with E-state index in [1.165, 1.54) is 24.0 Å². The van der Waals surface area contributed by atoms with Crippen LogP contribution in [0.4, 0.5) is 5.69 Å². The number of hydrogen-bond acceptors (Lipinski definition) is 2. The van der Waals surface area contributed by atoms with Gasteiger partial charge in [0.15, 0.2) is 5.96 Å². The molecule has 0 bridgehead atoms. The number of aliphatic imine (C=N–C) groups is 1. The maximum Gasteiger partial charge on any atom is 0.193 e. The molecule has 0 radical (unpaired) electrons. The van der Waals surface area contributed by atoms with Crippen LogP contribution >= 0.6 is 24.0 Å². The monoisotopic (exact) mass is 411 g/mol. The van der Waals surface area contributed by atoms with Crippen LogP contribution in [0, 0.1) is 0 Å². The highest BCUT2D eigenvalue weighted by Crippen LogP contribution is 2.27. The third-order valence-electron chi connectivity index (χ3n) is 3.85. The number of guanidine groups is 1. The van der Waals surface area contributed by atoms with Crippen molar-refractivity contribution >= 4 is 35.6 Å². The molecule has 0 fully saturated rings. The van der Waals surface area contributed by atoms with Gasteiger partial charge in [-0.15, -0.1) is 24.0 Å². The molecule has 1 aromatic heterocycles. The number of rotatable bonds is 3. The van der Waals surface area contributed by atoms with Gasteiger partial charge in [-0.2, -0.15) is 5.10 Å². The van der Waals surface area contributed by atoms with Crippen molar-refractivity contribution < 1.29 is 0 Å². The van der Waals surface area contributed by atoms with Gasteiger partial charge in [0.25, 0.3) is 0 Å². The molecule has 0 amide bonds. The first-order valence-electron chi connectivity index (χ1n) is 7.37. The van der Waals surface area contributed by atoms with Crippen molar-refractivity contribution in [3.63, 3.8) is 0 Å². The fourth-order valence-electron chi connectivity index (χ4n) is 2.81. The Bertz CT molecular complexity index is 662. The molecule has 118 valence electrons. The lowest BCUT2D eigenvalue weighted by molar-refractivity contribution is 0.687. The maximum absolute atomic E-state index is 6.01. The van der Waals surface area contributed by atoms with Crippen LogP contribution in [0.25, 0.3) is 0 Å². The summed E-state index contributed by atoms with van der Waals surface area (Å²) in [4.78, 5) is 4.38. The zero-order valence-corrected chi connectivity index (χ0v) is 15.1. The lowest BCUT2D eigenvalue weighted by Gasteiger charge is -2.19. The van der Waals surface area contributed by atoms with Crippen molar-refractivity contribution in [3.05, 3.63) is 47.3 Å². The summed E-state index contributed by atoms with van der Waals surface area (Å²) >= 11 is 0. The van der Waals surface area contributed by atoms with E-state index < -0.39 is 0 Å². The minimum atomic E-state index is 0. The van der Waals surface area contributed by atoms with Crippen molar-refractivity contribution in [2.24, 2.45) is 17.8 Å². The molecule has 1 aromatic carbocycles. The smallest absolute Gasteiger partial charge is 0.193 e. The van der Waals surface area contributed by atoms with Gasteiger partial charge in [0.05, 0.1) is 12.7 Å². The molecule has 0 saturated heterocycles. The fraction of sp³-hybridized carbons (Fsp3) is 0.375. The lowest BCUT2D eigenvalue weighted by atomic mass is 9.90. The van der Waals surface area contributed by atoms with Gasteiger partial charge in [-0.1, -0.05) is 12.1 Å². The molecule has 3 rings (SSSR count). The van der Waals surface area contributed by atoms with Crippen LogP contribution in [0.15, 0.2) is 35.6 Å². The molecule has 0 aliphatic heterocycles. The van der Waals surface area contributed by atoms with Gasteiger partial charge in [-0.3, -0.25) is 4.68 Å². The third-order valence-corrected chi connectivity index (χ3v) is 3.85. The number of benzene rings is 1. The second-order valence-electron chi connectivity index (χ2n) is 5.50. The molecular formula is C16H22IN5. The second kappa shape index (κ2) is 7.62. The van der Waals surface area contributed by atoms with E-state index in [9.17, 15) is 0 Å². The van der Waals surface area contributed by atoms with Crippen LogP contribution < -0.4 is 11.1 Å². The zero-order valence-electron chi connectivity index (χ0n) is 12.7. The molecular weight excluding hydrogens is 389 g/mol. The molecule has 1 aliphatic carbocycles. The van der Waals surface area contributed by atoms with E-state index in [-0.39, 0.29) is 24.0 Å². The first-order valence-corrected chi connectivity index (χ1v) is 7.37. The Morgan fingerprint density at radius 3 is 2.95 bits per heavy atom. The first-order chi connectivity index (χ1) is 10.2. The molecule has 0 spiro atoms. The van der Waals surface area contributed by atoms with Gasteiger partial charge in [-0.05, 0) is 42.9 Å². The SMILES string of the molecule is Cn1cc(CN=C(N)Nc2cccc3c2CCCC3)cn1.I. The van der Waals surface area contributed by atoms with Crippen LogP contribution in [0.2, 0.25) is 0 Å². The van der Waals surface area contributed by atoms with Gasteiger partial charge in [0.1, 0.15) is 0 Å². The molecule has 0 saturated carbocycles. The highest BCUT2D eigenvalue weighted by molar-refractivity contribution is 14.0. The highest BCUT2D eigenvalue weighted by Gasteiger charge is 2.13. The minimum absolute atomic E-state index is 0. The second-order valence-corrected chi connectivity index (χ2v) is 5.50. The number of anilines is 1. The topological polar surface area (TPSA) is 68.2 Å². The number of nitrogens with one attached hydrogen (secondary N) is 1. The summed E-state index contributed by atoms with van der Waals surface area (Å²) in [6.45, 7) is 0.543. The Hall–Kier alpha value is -1.57. The largest absolute Gasteiger partial charge is 0.370 e. The predicted octanol–water partition coefficient (Wildman–Crippen LogP) is 2.84. The van der Waals surface area contributed by atoms with Gasteiger partial charge in [0, 0.05) is 24.5 Å². The molecule has 5 nitrogen and oxygen atoms in total. The van der Waals surface area contributed by atoms with Crippen LogP contribution in [-0.2, 0) is 26.4 Å². The van der Waals surface area contributed by atoms with Crippen LogP contribution in [0.3, 0.4) is 0 Å². The Kier molecular flexibility index (Phi) is 5.82. The Balaban J connectivity index is 0.00000176. The number of hydrogen-bond donors (Lipinski definition) is 2. The summed E-state index contributed by atoms with van der Waals surface area (Å²) in [5, 5.41) is 7.37. The van der Waals surface area contributed by atoms with Crippen molar-refractivity contribution in [2.75, 3.05) is 5.32 Å². The molecule has 0 unspecified atom stereocenters. The zero-order chi connectivity index (χ0) is 14.7. The molecule has 22 heavy (non-hydrogen) atoms. The summed E-state index contributed by atoms with van der Waals surface area (Å²) < 4.78 is 1.77. The van der Waals surface area contributed by atoms with Crippen LogP contribution in [-0.4, -0.2) is 15.7 Å². The van der Waals surface area contributed by atoms with Gasteiger partial charge in [0.2, 0.25) is 0 Å². The molecule has 1 heterocycles. The van der Waals surface area contributed by atoms with Crippen LogP contribution in [0.1, 0.15) is 29.5 Å². The van der Waals surface area contributed by atoms with E-state index in [2.05, 4.69) is 33.6 Å². The van der Waals surface area contributed by atoms with E-state index in [1.54, 1.807) is 10.9 Å². The predicted molar refractivity (Wildman–Crippen MR) is 101 cm³/mol. The number of aromatic nitrogens is 2. The summed E-state index contributed by atoms with van der Waals surface area (Å²) in [7, 11) is 1.89. The van der Waals surface area contributed by atoms with Gasteiger partial charge >= 0.3 is 0 Å². The minimum Gasteiger partial charge on any atom is -0.370 e. The van der Waals surface area contributed by atoms with E-state index >= 15 is 0 Å². The summed E-state index contributed by atoms with van der Waals surface area (Å²) in [6.07, 6.45) is 8.56. The van der Waals surface area contributed by atoms with Gasteiger partial charge in [-0.25, -0.2) is 4.99 Å². The van der Waals surface area contributed by atoms with E-state index in [4.69, 9.17) is 5.73 Å². The number of halogens is 1. The van der Waals surface area contributed by atoms with Crippen LogP contribution in [0.5, 0.6) is 0 Å². The summed E-state index contributed by atoms with van der Waals surface area (Å²) in [6, 6.07) is 6.38. The summed E-state index contributed by atoms with van der Waals surface area (Å²) in [5.41, 5.74) is 11.0. The van der Waals surface area contributed by atoms with Crippen molar-refractivity contribution in [1.29, 1.82) is 0 Å². The maximum atomic E-state index is 6.01. The van der Waals surface area contributed by atoms with Gasteiger partial charge < -0.3 is 11.1 Å². The Morgan fingerprint density at radius 1 is 1.36 bits per heavy atom. The Morgan fingerprint density at radius 2 is 2.18 bits per heavy atom. The Labute approximate surface area is 148 Å². The summed E-state index contributed by atoms with van der Waals surface area (Å²) in [5.74, 6) is 0.456. The van der Waals surface area contributed by atoms with Crippen molar-refractivity contribution in [2.45, 2.75) is 32.2 Å².